The smallest absolute Gasteiger partial charge is 0.258 e. The number of carbonyl (C=O) groups excluding carboxylic acids is 1. The van der Waals surface area contributed by atoms with E-state index in [1.807, 2.05) is 0 Å². The molecule has 1 fully saturated rings. The highest BCUT2D eigenvalue weighted by molar-refractivity contribution is 9.09. The van der Waals surface area contributed by atoms with Crippen LogP contribution in [-0.2, 0) is 0 Å². The van der Waals surface area contributed by atoms with E-state index in [0.29, 0.717) is 17.3 Å². The van der Waals surface area contributed by atoms with Crippen molar-refractivity contribution in [2.45, 2.75) is 30.5 Å². The third-order valence-corrected chi connectivity index (χ3v) is 4.97. The van der Waals surface area contributed by atoms with Gasteiger partial charge in [0.05, 0.1) is 7.11 Å². The Morgan fingerprint density at radius 3 is 2.90 bits per heavy atom. The molecule has 0 bridgehead atoms. The molecule has 0 radical (unpaired) electrons. The molecule has 0 saturated heterocycles. The van der Waals surface area contributed by atoms with Crippen molar-refractivity contribution in [2.24, 2.45) is 5.92 Å². The van der Waals surface area contributed by atoms with Gasteiger partial charge >= 0.3 is 0 Å². The fourth-order valence-corrected chi connectivity index (χ4v) is 3.37. The van der Waals surface area contributed by atoms with Crippen molar-refractivity contribution in [1.82, 2.24) is 5.32 Å². The van der Waals surface area contributed by atoms with Crippen LogP contribution in [-0.4, -0.2) is 24.4 Å². The minimum atomic E-state index is -0.555. The molecule has 5 heteroatoms. The van der Waals surface area contributed by atoms with Crippen LogP contribution in [0.3, 0.4) is 0 Å². The highest BCUT2D eigenvalue weighted by atomic mass is 79.9. The van der Waals surface area contributed by atoms with Gasteiger partial charge in [0.1, 0.15) is 17.1 Å². The van der Waals surface area contributed by atoms with Crippen LogP contribution in [0.2, 0.25) is 0 Å². The lowest BCUT2D eigenvalue weighted by Gasteiger charge is -2.27. The lowest BCUT2D eigenvalue weighted by Crippen LogP contribution is -2.35. The van der Waals surface area contributed by atoms with Gasteiger partial charge in [0.2, 0.25) is 0 Å². The van der Waals surface area contributed by atoms with Gasteiger partial charge in [0, 0.05) is 11.4 Å². The minimum Gasteiger partial charge on any atom is -0.496 e. The summed E-state index contributed by atoms with van der Waals surface area (Å²) >= 11 is 3.65. The van der Waals surface area contributed by atoms with Gasteiger partial charge in [-0.3, -0.25) is 4.79 Å². The number of ether oxygens (including phenoxy) is 1. The summed E-state index contributed by atoms with van der Waals surface area (Å²) in [7, 11) is 1.43. The standard InChI is InChI=1S/C15H19BrFNO2/c1-20-13-8-4-7-12(17)14(13)15(19)18-9-10-5-2-3-6-11(10)16/h4,7-8,10-11H,2-3,5-6,9H2,1H3,(H,18,19). The predicted octanol–water partition coefficient (Wildman–Crippen LogP) is 3.52. The number of benzene rings is 1. The molecule has 0 spiro atoms. The summed E-state index contributed by atoms with van der Waals surface area (Å²) in [5.41, 5.74) is -0.0167. The molecular formula is C15H19BrFNO2. The molecule has 2 rings (SSSR count). The lowest BCUT2D eigenvalue weighted by molar-refractivity contribution is 0.0937. The molecule has 2 atom stereocenters. The highest BCUT2D eigenvalue weighted by Crippen LogP contribution is 2.29. The highest BCUT2D eigenvalue weighted by Gasteiger charge is 2.24. The first-order valence-corrected chi connectivity index (χ1v) is 7.80. The SMILES string of the molecule is COc1cccc(F)c1C(=O)NCC1CCCCC1Br. The van der Waals surface area contributed by atoms with Crippen molar-refractivity contribution < 1.29 is 13.9 Å². The Kier molecular flexibility index (Phi) is 5.40. The summed E-state index contributed by atoms with van der Waals surface area (Å²) in [6, 6.07) is 4.39. The van der Waals surface area contributed by atoms with Crippen LogP contribution in [0.4, 0.5) is 4.39 Å². The molecule has 1 aromatic carbocycles. The van der Waals surface area contributed by atoms with Crippen LogP contribution < -0.4 is 10.1 Å². The zero-order valence-electron chi connectivity index (χ0n) is 11.5. The average molecular weight is 344 g/mol. The number of carbonyl (C=O) groups is 1. The monoisotopic (exact) mass is 343 g/mol. The van der Waals surface area contributed by atoms with Crippen LogP contribution in [0, 0.1) is 11.7 Å². The molecular weight excluding hydrogens is 325 g/mol. The van der Waals surface area contributed by atoms with E-state index < -0.39 is 11.7 Å². The molecule has 1 saturated carbocycles. The summed E-state index contributed by atoms with van der Waals surface area (Å²) in [5.74, 6) is -0.293. The average Bonchev–Trinajstić information content (AvgIpc) is 2.45. The number of halogens is 2. The number of hydrogen-bond donors (Lipinski definition) is 1. The quantitative estimate of drug-likeness (QED) is 0.849. The van der Waals surface area contributed by atoms with E-state index in [1.54, 1.807) is 6.07 Å². The van der Waals surface area contributed by atoms with E-state index in [4.69, 9.17) is 4.74 Å². The molecule has 0 heterocycles. The van der Waals surface area contributed by atoms with Gasteiger partial charge in [-0.15, -0.1) is 0 Å². The number of methoxy groups -OCH3 is 1. The van der Waals surface area contributed by atoms with Gasteiger partial charge in [-0.05, 0) is 30.9 Å². The zero-order valence-corrected chi connectivity index (χ0v) is 13.1. The lowest BCUT2D eigenvalue weighted by atomic mass is 9.89. The normalized spacial score (nSPS) is 22.4. The van der Waals surface area contributed by atoms with Gasteiger partial charge in [-0.1, -0.05) is 34.8 Å². The van der Waals surface area contributed by atoms with E-state index in [1.165, 1.54) is 32.1 Å². The van der Waals surface area contributed by atoms with Gasteiger partial charge in [0.15, 0.2) is 0 Å². The number of hydrogen-bond acceptors (Lipinski definition) is 2. The first-order valence-electron chi connectivity index (χ1n) is 6.88. The third kappa shape index (κ3) is 3.51. The third-order valence-electron chi connectivity index (χ3n) is 3.76. The van der Waals surface area contributed by atoms with Gasteiger partial charge in [-0.2, -0.15) is 0 Å². The Morgan fingerprint density at radius 2 is 2.20 bits per heavy atom. The maximum Gasteiger partial charge on any atom is 0.258 e. The second-order valence-electron chi connectivity index (χ2n) is 5.09. The summed E-state index contributed by atoms with van der Waals surface area (Å²) in [5, 5.41) is 2.83. The van der Waals surface area contributed by atoms with Crippen molar-refractivity contribution in [3.8, 4) is 5.75 Å². The first-order chi connectivity index (χ1) is 9.63. The first kappa shape index (κ1) is 15.3. The van der Waals surface area contributed by atoms with Gasteiger partial charge < -0.3 is 10.1 Å². The predicted molar refractivity (Wildman–Crippen MR) is 80.0 cm³/mol. The Morgan fingerprint density at radius 1 is 1.45 bits per heavy atom. The van der Waals surface area contributed by atoms with E-state index in [0.717, 1.165) is 12.8 Å². The Hall–Kier alpha value is -1.10. The molecule has 20 heavy (non-hydrogen) atoms. The molecule has 0 aromatic heterocycles. The molecule has 1 amide bonds. The number of nitrogens with one attached hydrogen (secondary N) is 1. The summed E-state index contributed by atoms with van der Waals surface area (Å²) in [6.07, 6.45) is 4.63. The molecule has 1 aliphatic rings. The molecule has 1 N–H and O–H groups in total. The van der Waals surface area contributed by atoms with Gasteiger partial charge in [0.25, 0.3) is 5.91 Å². The molecule has 1 aliphatic carbocycles. The maximum atomic E-state index is 13.8. The van der Waals surface area contributed by atoms with E-state index in [-0.39, 0.29) is 11.3 Å². The zero-order chi connectivity index (χ0) is 14.5. The number of alkyl halides is 1. The Labute approximate surface area is 127 Å². The number of amides is 1. The fraction of sp³-hybridized carbons (Fsp3) is 0.533. The minimum absolute atomic E-state index is 0.0167. The van der Waals surface area contributed by atoms with Crippen LogP contribution in [0.5, 0.6) is 5.75 Å². The molecule has 0 aliphatic heterocycles. The van der Waals surface area contributed by atoms with Gasteiger partial charge in [-0.25, -0.2) is 4.39 Å². The molecule has 1 aromatic rings. The van der Waals surface area contributed by atoms with E-state index in [2.05, 4.69) is 21.2 Å². The second kappa shape index (κ2) is 7.07. The van der Waals surface area contributed by atoms with Crippen LogP contribution in [0.1, 0.15) is 36.0 Å². The summed E-state index contributed by atoms with van der Waals surface area (Å²) in [4.78, 5) is 12.6. The van der Waals surface area contributed by atoms with Crippen LogP contribution >= 0.6 is 15.9 Å². The Bertz CT molecular complexity index is 481. The van der Waals surface area contributed by atoms with E-state index in [9.17, 15) is 9.18 Å². The van der Waals surface area contributed by atoms with Crippen molar-refractivity contribution >= 4 is 21.8 Å². The Balaban J connectivity index is 2.01. The molecule has 3 nitrogen and oxygen atoms in total. The second-order valence-corrected chi connectivity index (χ2v) is 6.26. The maximum absolute atomic E-state index is 13.8. The van der Waals surface area contributed by atoms with Crippen molar-refractivity contribution in [2.75, 3.05) is 13.7 Å². The number of rotatable bonds is 4. The van der Waals surface area contributed by atoms with Crippen LogP contribution in [0.25, 0.3) is 0 Å². The van der Waals surface area contributed by atoms with E-state index >= 15 is 0 Å². The van der Waals surface area contributed by atoms with Crippen molar-refractivity contribution in [3.63, 3.8) is 0 Å². The summed E-state index contributed by atoms with van der Waals surface area (Å²) < 4.78 is 18.8. The molecule has 2 unspecified atom stereocenters. The van der Waals surface area contributed by atoms with Crippen LogP contribution in [0.15, 0.2) is 18.2 Å². The fourth-order valence-electron chi connectivity index (χ4n) is 2.60. The van der Waals surface area contributed by atoms with Crippen molar-refractivity contribution in [3.05, 3.63) is 29.6 Å². The molecule has 110 valence electrons. The largest absolute Gasteiger partial charge is 0.496 e. The topological polar surface area (TPSA) is 38.3 Å². The van der Waals surface area contributed by atoms with Crippen molar-refractivity contribution in [1.29, 1.82) is 0 Å². The summed E-state index contributed by atoms with van der Waals surface area (Å²) in [6.45, 7) is 0.562.